The number of carbonyl (C=O) groups excluding carboxylic acids is 1. The third-order valence-electron chi connectivity index (χ3n) is 5.16. The summed E-state index contributed by atoms with van der Waals surface area (Å²) in [5.41, 5.74) is 0. The van der Waals surface area contributed by atoms with Crippen molar-refractivity contribution in [3.05, 3.63) is 24.8 Å². The van der Waals surface area contributed by atoms with Crippen LogP contribution >= 0.6 is 0 Å². The van der Waals surface area contributed by atoms with Crippen LogP contribution in [0, 0.1) is 5.92 Å². The van der Waals surface area contributed by atoms with Crippen molar-refractivity contribution in [2.24, 2.45) is 5.92 Å². The second-order valence-electron chi connectivity index (χ2n) is 7.94. The summed E-state index contributed by atoms with van der Waals surface area (Å²) in [6, 6.07) is 0. The Labute approximate surface area is 178 Å². The number of carbonyl (C=O) groups is 2. The predicted molar refractivity (Wildman–Crippen MR) is 121 cm³/mol. The molecule has 0 aromatic rings. The minimum absolute atomic E-state index is 0.143. The number of ether oxygens (including phenoxy) is 1. The van der Waals surface area contributed by atoms with Crippen molar-refractivity contribution in [1.29, 1.82) is 0 Å². The second-order valence-corrected chi connectivity index (χ2v) is 7.94. The first-order valence-corrected chi connectivity index (χ1v) is 11.8. The van der Waals surface area contributed by atoms with E-state index in [1.54, 1.807) is 0 Å². The molecule has 0 saturated carbocycles. The van der Waals surface area contributed by atoms with Gasteiger partial charge in [0, 0.05) is 0 Å². The molecule has 0 bridgehead atoms. The van der Waals surface area contributed by atoms with Gasteiger partial charge in [-0.2, -0.15) is 0 Å². The van der Waals surface area contributed by atoms with E-state index < -0.39 is 17.9 Å². The maximum Gasteiger partial charge on any atom is 0.309 e. The van der Waals surface area contributed by atoms with E-state index in [0.717, 1.165) is 19.3 Å². The molecule has 0 fully saturated rings. The summed E-state index contributed by atoms with van der Waals surface area (Å²) in [6.07, 6.45) is 23.9. The molecule has 1 N–H and O–H groups in total. The lowest BCUT2D eigenvalue weighted by Crippen LogP contribution is -2.21. The first kappa shape index (κ1) is 27.4. The Balaban J connectivity index is 3.56. The van der Waals surface area contributed by atoms with E-state index in [1.807, 2.05) is 0 Å². The third-order valence-corrected chi connectivity index (χ3v) is 5.16. The lowest BCUT2D eigenvalue weighted by Gasteiger charge is -2.13. The van der Waals surface area contributed by atoms with Crippen molar-refractivity contribution in [1.82, 2.24) is 0 Å². The quantitative estimate of drug-likeness (QED) is 0.124. The summed E-state index contributed by atoms with van der Waals surface area (Å²) in [5.74, 6) is -1.90. The average Bonchev–Trinajstić information content (AvgIpc) is 2.70. The van der Waals surface area contributed by atoms with Crippen molar-refractivity contribution in [3.8, 4) is 0 Å². The van der Waals surface area contributed by atoms with Gasteiger partial charge >= 0.3 is 11.9 Å². The van der Waals surface area contributed by atoms with Gasteiger partial charge in [-0.15, -0.1) is 0 Å². The Bertz CT molecular complexity index is 442. The molecule has 1 unspecified atom stereocenters. The van der Waals surface area contributed by atoms with Gasteiger partial charge in [-0.3, -0.25) is 9.59 Å². The molecule has 29 heavy (non-hydrogen) atoms. The molecular formula is C25H44O4. The van der Waals surface area contributed by atoms with Crippen LogP contribution in [-0.4, -0.2) is 23.7 Å². The molecule has 0 spiro atoms. The summed E-state index contributed by atoms with van der Waals surface area (Å²) in [6.45, 7) is 5.89. The fourth-order valence-corrected chi connectivity index (χ4v) is 3.41. The number of carboxylic acids is 1. The first-order chi connectivity index (χ1) is 14.1. The Hall–Kier alpha value is -1.58. The maximum atomic E-state index is 11.9. The molecule has 0 aliphatic rings. The van der Waals surface area contributed by atoms with Crippen LogP contribution in [0.15, 0.2) is 24.8 Å². The van der Waals surface area contributed by atoms with Crippen molar-refractivity contribution >= 4 is 11.9 Å². The number of rotatable bonds is 21. The van der Waals surface area contributed by atoms with Gasteiger partial charge in [0.25, 0.3) is 0 Å². The molecule has 168 valence electrons. The molecule has 0 aliphatic heterocycles. The van der Waals surface area contributed by atoms with Crippen molar-refractivity contribution in [2.75, 3.05) is 6.61 Å². The molecule has 0 saturated heterocycles. The molecule has 4 nitrogen and oxygen atoms in total. The van der Waals surface area contributed by atoms with Crippen LogP contribution in [0.4, 0.5) is 0 Å². The molecular weight excluding hydrogens is 364 g/mol. The summed E-state index contributed by atoms with van der Waals surface area (Å²) in [4.78, 5) is 22.8. The van der Waals surface area contributed by atoms with E-state index >= 15 is 0 Å². The number of unbranched alkanes of at least 4 members (excludes halogenated alkanes) is 12. The van der Waals surface area contributed by atoms with E-state index in [2.05, 4.69) is 25.7 Å². The summed E-state index contributed by atoms with van der Waals surface area (Å²) in [7, 11) is 0. The zero-order valence-electron chi connectivity index (χ0n) is 18.7. The number of aliphatic carboxylic acids is 1. The SMILES string of the molecule is C=CCOC(=O)C(CCCCCCCCCC/C=C/CCCCCC)CC(=O)O. The standard InChI is InChI=1S/C25H44O4/c1-3-5-6-7-8-9-10-11-12-13-14-15-16-17-18-19-20-23(22-24(26)27)25(28)29-21-4-2/h4,9-10,23H,2-3,5-8,11-22H2,1H3,(H,26,27)/b10-9+. The molecule has 0 aliphatic carbocycles. The highest BCUT2D eigenvalue weighted by Gasteiger charge is 2.22. The van der Waals surface area contributed by atoms with E-state index in [0.29, 0.717) is 6.42 Å². The largest absolute Gasteiger partial charge is 0.481 e. The van der Waals surface area contributed by atoms with Crippen LogP contribution in [-0.2, 0) is 14.3 Å². The van der Waals surface area contributed by atoms with Crippen LogP contribution in [0.3, 0.4) is 0 Å². The smallest absolute Gasteiger partial charge is 0.309 e. The molecule has 4 heteroatoms. The molecule has 1 atom stereocenters. The first-order valence-electron chi connectivity index (χ1n) is 11.8. The highest BCUT2D eigenvalue weighted by atomic mass is 16.5. The van der Waals surface area contributed by atoms with Crippen LogP contribution in [0.1, 0.15) is 110 Å². The van der Waals surface area contributed by atoms with Gasteiger partial charge in [0.15, 0.2) is 0 Å². The molecule has 0 aromatic carbocycles. The molecule has 0 rings (SSSR count). The van der Waals surface area contributed by atoms with Crippen molar-refractivity contribution in [2.45, 2.75) is 110 Å². The Morgan fingerprint density at radius 2 is 1.38 bits per heavy atom. The van der Waals surface area contributed by atoms with Gasteiger partial charge in [-0.25, -0.2) is 0 Å². The predicted octanol–water partition coefficient (Wildman–Crippen LogP) is 7.23. The number of carboxylic acid groups (broad SMARTS) is 1. The van der Waals surface area contributed by atoms with Gasteiger partial charge < -0.3 is 9.84 Å². The van der Waals surface area contributed by atoms with Crippen molar-refractivity contribution in [3.63, 3.8) is 0 Å². The minimum atomic E-state index is -0.947. The van der Waals surface area contributed by atoms with Gasteiger partial charge in [0.05, 0.1) is 12.3 Å². The van der Waals surface area contributed by atoms with Crippen molar-refractivity contribution < 1.29 is 19.4 Å². The summed E-state index contributed by atoms with van der Waals surface area (Å²) >= 11 is 0. The Morgan fingerprint density at radius 3 is 1.90 bits per heavy atom. The summed E-state index contributed by atoms with van der Waals surface area (Å²) in [5, 5.41) is 8.96. The normalized spacial score (nSPS) is 12.2. The molecule has 0 aromatic heterocycles. The molecule has 0 heterocycles. The fourth-order valence-electron chi connectivity index (χ4n) is 3.41. The Morgan fingerprint density at radius 1 is 0.862 bits per heavy atom. The van der Waals surface area contributed by atoms with E-state index in [4.69, 9.17) is 9.84 Å². The topological polar surface area (TPSA) is 63.6 Å². The minimum Gasteiger partial charge on any atom is -0.481 e. The van der Waals surface area contributed by atoms with Crippen LogP contribution < -0.4 is 0 Å². The zero-order chi connectivity index (χ0) is 21.6. The highest BCUT2D eigenvalue weighted by molar-refractivity contribution is 5.79. The van der Waals surface area contributed by atoms with Crippen LogP contribution in [0.25, 0.3) is 0 Å². The van der Waals surface area contributed by atoms with Gasteiger partial charge in [-0.05, 0) is 32.1 Å². The van der Waals surface area contributed by atoms with Gasteiger partial charge in [0.1, 0.15) is 6.61 Å². The lowest BCUT2D eigenvalue weighted by atomic mass is 9.97. The monoisotopic (exact) mass is 408 g/mol. The Kier molecular flexibility index (Phi) is 20.0. The lowest BCUT2D eigenvalue weighted by molar-refractivity contribution is -0.152. The number of allylic oxidation sites excluding steroid dienone is 2. The molecule has 0 amide bonds. The molecule has 0 radical (unpaired) electrons. The van der Waals surface area contributed by atoms with Gasteiger partial charge in [0.2, 0.25) is 0 Å². The number of esters is 1. The fraction of sp³-hybridized carbons (Fsp3) is 0.760. The third kappa shape index (κ3) is 19.5. The van der Waals surface area contributed by atoms with Crippen LogP contribution in [0.5, 0.6) is 0 Å². The van der Waals surface area contributed by atoms with E-state index in [9.17, 15) is 9.59 Å². The number of hydrogen-bond acceptors (Lipinski definition) is 3. The van der Waals surface area contributed by atoms with Gasteiger partial charge in [-0.1, -0.05) is 95.9 Å². The average molecular weight is 409 g/mol. The summed E-state index contributed by atoms with van der Waals surface area (Å²) < 4.78 is 5.01. The zero-order valence-corrected chi connectivity index (χ0v) is 18.7. The second kappa shape index (κ2) is 21.1. The number of hydrogen-bond donors (Lipinski definition) is 1. The van der Waals surface area contributed by atoms with E-state index in [-0.39, 0.29) is 13.0 Å². The highest BCUT2D eigenvalue weighted by Crippen LogP contribution is 2.18. The van der Waals surface area contributed by atoms with Crippen LogP contribution in [0.2, 0.25) is 0 Å². The van der Waals surface area contributed by atoms with E-state index in [1.165, 1.54) is 76.7 Å². The maximum absolute atomic E-state index is 11.9.